The molecule has 2 saturated heterocycles. The summed E-state index contributed by atoms with van der Waals surface area (Å²) >= 11 is 0. The van der Waals surface area contributed by atoms with Gasteiger partial charge in [-0.3, -0.25) is 9.58 Å². The molecule has 0 unspecified atom stereocenters. The zero-order valence-electron chi connectivity index (χ0n) is 16.9. The van der Waals surface area contributed by atoms with Crippen LogP contribution in [0.4, 0.5) is 10.7 Å². The van der Waals surface area contributed by atoms with Crippen LogP contribution in [-0.4, -0.2) is 87.9 Å². The van der Waals surface area contributed by atoms with E-state index in [0.717, 1.165) is 71.1 Å². The zero-order chi connectivity index (χ0) is 19.9. The van der Waals surface area contributed by atoms with Crippen molar-refractivity contribution >= 4 is 12.0 Å². The van der Waals surface area contributed by atoms with E-state index in [0.29, 0.717) is 12.5 Å². The molecule has 156 valence electrons. The highest BCUT2D eigenvalue weighted by Gasteiger charge is 2.23. The van der Waals surface area contributed by atoms with Gasteiger partial charge in [0.25, 0.3) is 0 Å². The summed E-state index contributed by atoms with van der Waals surface area (Å²) in [6.07, 6.45) is 9.46. The highest BCUT2D eigenvalue weighted by atomic mass is 16.2. The van der Waals surface area contributed by atoms with Gasteiger partial charge in [0.15, 0.2) is 0 Å². The van der Waals surface area contributed by atoms with Gasteiger partial charge in [0.05, 0.1) is 0 Å². The predicted octanol–water partition coefficient (Wildman–Crippen LogP) is 0.917. The number of nitrogens with zero attached hydrogens (tertiary/aromatic N) is 7. The first-order chi connectivity index (χ1) is 14.3. The number of aromatic nitrogens is 4. The van der Waals surface area contributed by atoms with E-state index in [4.69, 9.17) is 0 Å². The standard InChI is InChI=1S/C20H30N8O/c29-20(27-10-3-18(4-11-27)17-28-9-2-7-24-28)23-8-12-25-13-15-26(16-14-25)19-21-5-1-6-22-19/h1-2,5-7,9,18H,3-4,8,10-17H2,(H,23,29). The van der Waals surface area contributed by atoms with Gasteiger partial charge in [-0.05, 0) is 30.9 Å². The van der Waals surface area contributed by atoms with Crippen LogP contribution < -0.4 is 10.2 Å². The maximum absolute atomic E-state index is 12.5. The van der Waals surface area contributed by atoms with E-state index >= 15 is 0 Å². The Hall–Kier alpha value is -2.68. The van der Waals surface area contributed by atoms with Gasteiger partial charge in [-0.15, -0.1) is 0 Å². The molecule has 2 aliphatic heterocycles. The first-order valence-electron chi connectivity index (χ1n) is 10.5. The summed E-state index contributed by atoms with van der Waals surface area (Å²) in [6.45, 7) is 7.94. The maximum Gasteiger partial charge on any atom is 0.317 e. The molecule has 4 rings (SSSR count). The van der Waals surface area contributed by atoms with Gasteiger partial charge in [0.1, 0.15) is 0 Å². The van der Waals surface area contributed by atoms with Crippen LogP contribution in [0.2, 0.25) is 0 Å². The minimum absolute atomic E-state index is 0.0684. The van der Waals surface area contributed by atoms with Crippen LogP contribution in [0.5, 0.6) is 0 Å². The largest absolute Gasteiger partial charge is 0.338 e. The smallest absolute Gasteiger partial charge is 0.317 e. The number of piperazine rings is 1. The molecule has 29 heavy (non-hydrogen) atoms. The number of likely N-dealkylation sites (tertiary alicyclic amines) is 1. The summed E-state index contributed by atoms with van der Waals surface area (Å²) < 4.78 is 1.99. The molecular formula is C20H30N8O. The second-order valence-corrected chi connectivity index (χ2v) is 7.77. The number of rotatable bonds is 6. The van der Waals surface area contributed by atoms with Crippen molar-refractivity contribution in [3.8, 4) is 0 Å². The third-order valence-electron chi connectivity index (χ3n) is 5.82. The lowest BCUT2D eigenvalue weighted by atomic mass is 9.97. The fraction of sp³-hybridized carbons (Fsp3) is 0.600. The molecule has 9 nitrogen and oxygen atoms in total. The van der Waals surface area contributed by atoms with E-state index < -0.39 is 0 Å². The van der Waals surface area contributed by atoms with Gasteiger partial charge in [-0.25, -0.2) is 14.8 Å². The van der Waals surface area contributed by atoms with Crippen molar-refractivity contribution in [2.45, 2.75) is 19.4 Å². The van der Waals surface area contributed by atoms with Crippen molar-refractivity contribution in [3.05, 3.63) is 36.9 Å². The lowest BCUT2D eigenvalue weighted by molar-refractivity contribution is 0.162. The molecule has 0 atom stereocenters. The summed E-state index contributed by atoms with van der Waals surface area (Å²) in [5.41, 5.74) is 0. The third kappa shape index (κ3) is 5.44. The van der Waals surface area contributed by atoms with Gasteiger partial charge in [0, 0.05) is 83.7 Å². The number of hydrogen-bond acceptors (Lipinski definition) is 6. The lowest BCUT2D eigenvalue weighted by Gasteiger charge is -2.35. The number of amides is 2. The number of carbonyl (C=O) groups excluding carboxylic acids is 1. The quantitative estimate of drug-likeness (QED) is 0.779. The molecule has 9 heteroatoms. The molecular weight excluding hydrogens is 368 g/mol. The molecule has 1 N–H and O–H groups in total. The minimum Gasteiger partial charge on any atom is -0.338 e. The SMILES string of the molecule is O=C(NCCN1CCN(c2ncccn2)CC1)N1CCC(Cn2cccn2)CC1. The average Bonchev–Trinajstić information content (AvgIpc) is 3.28. The van der Waals surface area contributed by atoms with Gasteiger partial charge in [-0.1, -0.05) is 0 Å². The van der Waals surface area contributed by atoms with Crippen LogP contribution in [0.15, 0.2) is 36.9 Å². The van der Waals surface area contributed by atoms with Crippen molar-refractivity contribution in [2.75, 3.05) is 57.3 Å². The normalized spacial score (nSPS) is 18.8. The van der Waals surface area contributed by atoms with Crippen molar-refractivity contribution in [2.24, 2.45) is 5.92 Å². The second-order valence-electron chi connectivity index (χ2n) is 7.77. The lowest BCUT2D eigenvalue weighted by Crippen LogP contribution is -2.50. The van der Waals surface area contributed by atoms with E-state index in [-0.39, 0.29) is 6.03 Å². The Morgan fingerprint density at radius 3 is 2.45 bits per heavy atom. The minimum atomic E-state index is 0.0684. The molecule has 0 saturated carbocycles. The molecule has 0 radical (unpaired) electrons. The second kappa shape index (κ2) is 9.69. The summed E-state index contributed by atoms with van der Waals surface area (Å²) in [6, 6.07) is 3.86. The van der Waals surface area contributed by atoms with Gasteiger partial charge < -0.3 is 15.1 Å². The molecule has 2 aromatic rings. The first kappa shape index (κ1) is 19.6. The van der Waals surface area contributed by atoms with Crippen molar-refractivity contribution in [1.82, 2.24) is 34.9 Å². The number of piperidine rings is 1. The molecule has 0 spiro atoms. The highest BCUT2D eigenvalue weighted by molar-refractivity contribution is 5.74. The molecule has 4 heterocycles. The van der Waals surface area contributed by atoms with Crippen LogP contribution in [-0.2, 0) is 6.54 Å². The Bertz CT molecular complexity index is 737. The molecule has 2 amide bonds. The highest BCUT2D eigenvalue weighted by Crippen LogP contribution is 2.18. The predicted molar refractivity (Wildman–Crippen MR) is 111 cm³/mol. The summed E-state index contributed by atoms with van der Waals surface area (Å²) in [5.74, 6) is 1.40. The Morgan fingerprint density at radius 1 is 1.00 bits per heavy atom. The Balaban J connectivity index is 1.11. The van der Waals surface area contributed by atoms with Crippen LogP contribution >= 0.6 is 0 Å². The molecule has 0 aromatic carbocycles. The number of carbonyl (C=O) groups is 1. The van der Waals surface area contributed by atoms with Crippen LogP contribution in [0.1, 0.15) is 12.8 Å². The maximum atomic E-state index is 12.5. The molecule has 2 aliphatic rings. The Kier molecular flexibility index (Phi) is 6.56. The number of hydrogen-bond donors (Lipinski definition) is 1. The third-order valence-corrected chi connectivity index (χ3v) is 5.82. The van der Waals surface area contributed by atoms with Crippen LogP contribution in [0.25, 0.3) is 0 Å². The topological polar surface area (TPSA) is 82.4 Å². The molecule has 2 fully saturated rings. The van der Waals surface area contributed by atoms with E-state index in [1.807, 2.05) is 34.1 Å². The fourth-order valence-electron chi connectivity index (χ4n) is 4.05. The Labute approximate surface area is 171 Å². The van der Waals surface area contributed by atoms with Crippen LogP contribution in [0, 0.1) is 5.92 Å². The number of nitrogens with one attached hydrogen (secondary N) is 1. The monoisotopic (exact) mass is 398 g/mol. The zero-order valence-corrected chi connectivity index (χ0v) is 16.9. The summed E-state index contributed by atoms with van der Waals surface area (Å²) in [4.78, 5) is 27.6. The van der Waals surface area contributed by atoms with Crippen molar-refractivity contribution in [1.29, 1.82) is 0 Å². The average molecular weight is 399 g/mol. The molecule has 0 aliphatic carbocycles. The van der Waals surface area contributed by atoms with Crippen molar-refractivity contribution < 1.29 is 4.79 Å². The summed E-state index contributed by atoms with van der Waals surface area (Å²) in [7, 11) is 0. The van der Waals surface area contributed by atoms with Crippen LogP contribution in [0.3, 0.4) is 0 Å². The van der Waals surface area contributed by atoms with Crippen molar-refractivity contribution in [3.63, 3.8) is 0 Å². The molecule has 2 aromatic heterocycles. The van der Waals surface area contributed by atoms with Gasteiger partial charge >= 0.3 is 6.03 Å². The Morgan fingerprint density at radius 2 is 1.76 bits per heavy atom. The van der Waals surface area contributed by atoms with E-state index in [2.05, 4.69) is 30.2 Å². The van der Waals surface area contributed by atoms with Gasteiger partial charge in [-0.2, -0.15) is 5.10 Å². The number of urea groups is 1. The fourth-order valence-corrected chi connectivity index (χ4v) is 4.05. The first-order valence-corrected chi connectivity index (χ1v) is 10.5. The van der Waals surface area contributed by atoms with E-state index in [1.165, 1.54) is 0 Å². The molecule has 0 bridgehead atoms. The summed E-state index contributed by atoms with van der Waals surface area (Å²) in [5, 5.41) is 7.37. The van der Waals surface area contributed by atoms with E-state index in [1.54, 1.807) is 12.4 Å². The van der Waals surface area contributed by atoms with E-state index in [9.17, 15) is 4.79 Å². The van der Waals surface area contributed by atoms with Gasteiger partial charge in [0.2, 0.25) is 5.95 Å². The number of anilines is 1.